The minimum Gasteiger partial charge on any atom is -0.356 e. The molecular weight excluding hydrogens is 396 g/mol. The zero-order valence-corrected chi connectivity index (χ0v) is 17.9. The van der Waals surface area contributed by atoms with Gasteiger partial charge < -0.3 is 9.57 Å². The fraction of sp³-hybridized carbons (Fsp3) is 0.292. The Morgan fingerprint density at radius 1 is 0.935 bits per heavy atom. The van der Waals surface area contributed by atoms with E-state index in [0.717, 1.165) is 18.1 Å². The molecule has 31 heavy (non-hydrogen) atoms. The van der Waals surface area contributed by atoms with Gasteiger partial charge >= 0.3 is 11.7 Å². The first kappa shape index (κ1) is 22.2. The Morgan fingerprint density at radius 3 is 2.06 bits per heavy atom. The highest BCUT2D eigenvalue weighted by Crippen LogP contribution is 2.18. The van der Waals surface area contributed by atoms with Crippen molar-refractivity contribution in [2.45, 2.75) is 46.4 Å². The molecule has 0 saturated heterocycles. The van der Waals surface area contributed by atoms with Crippen molar-refractivity contribution < 1.29 is 14.4 Å². The third-order valence-electron chi connectivity index (χ3n) is 4.80. The molecule has 0 unspecified atom stereocenters. The first-order valence-electron chi connectivity index (χ1n) is 10.1. The Morgan fingerprint density at radius 2 is 1.52 bits per heavy atom. The molecule has 2 aromatic carbocycles. The fourth-order valence-electron chi connectivity index (χ4n) is 3.42. The van der Waals surface area contributed by atoms with Crippen molar-refractivity contribution in [3.63, 3.8) is 0 Å². The third-order valence-corrected chi connectivity index (χ3v) is 4.80. The van der Waals surface area contributed by atoms with Gasteiger partial charge in [0, 0.05) is 24.6 Å². The van der Waals surface area contributed by atoms with E-state index < -0.39 is 17.2 Å². The van der Waals surface area contributed by atoms with Gasteiger partial charge in [-0.1, -0.05) is 79.2 Å². The van der Waals surface area contributed by atoms with Crippen LogP contribution in [0.15, 0.2) is 70.3 Å². The highest BCUT2D eigenvalue weighted by Gasteiger charge is 2.23. The Hall–Kier alpha value is -3.45. The van der Waals surface area contributed by atoms with E-state index in [1.807, 2.05) is 74.5 Å². The molecule has 3 rings (SSSR count). The van der Waals surface area contributed by atoms with Crippen LogP contribution in [0, 0.1) is 0 Å². The van der Waals surface area contributed by atoms with Crippen LogP contribution in [0.5, 0.6) is 0 Å². The second kappa shape index (κ2) is 10.0. The van der Waals surface area contributed by atoms with E-state index in [9.17, 15) is 14.4 Å². The minimum absolute atomic E-state index is 0.0862. The molecule has 0 radical (unpaired) electrons. The number of ether oxygens (including phenoxy) is 1. The first-order chi connectivity index (χ1) is 14.9. The molecule has 1 aromatic heterocycles. The summed E-state index contributed by atoms with van der Waals surface area (Å²) in [7, 11) is 0. The molecule has 0 aliphatic carbocycles. The van der Waals surface area contributed by atoms with Crippen LogP contribution in [-0.2, 0) is 29.3 Å². The van der Waals surface area contributed by atoms with Crippen LogP contribution in [0.1, 0.15) is 49.1 Å². The topological polar surface area (TPSA) is 79.5 Å². The lowest BCUT2D eigenvalue weighted by atomic mass is 9.98. The fourth-order valence-corrected chi connectivity index (χ4v) is 3.42. The van der Waals surface area contributed by atoms with Gasteiger partial charge in [-0.05, 0) is 17.0 Å². The van der Waals surface area contributed by atoms with Crippen molar-refractivity contribution >= 4 is 5.97 Å². The molecule has 0 N–H and O–H groups in total. The lowest BCUT2D eigenvalue weighted by Crippen LogP contribution is -2.48. The highest BCUT2D eigenvalue weighted by atomic mass is 16.7. The largest absolute Gasteiger partial charge is 0.367 e. The van der Waals surface area contributed by atoms with Crippen LogP contribution in [0.25, 0.3) is 0 Å². The van der Waals surface area contributed by atoms with Gasteiger partial charge in [0.2, 0.25) is 0 Å². The van der Waals surface area contributed by atoms with Gasteiger partial charge in [0.05, 0.1) is 6.61 Å². The van der Waals surface area contributed by atoms with Crippen molar-refractivity contribution in [1.82, 2.24) is 9.30 Å². The van der Waals surface area contributed by atoms with Gasteiger partial charge in [-0.2, -0.15) is 0 Å². The Bertz CT molecular complexity index is 1150. The highest BCUT2D eigenvalue weighted by molar-refractivity contribution is 5.66. The van der Waals surface area contributed by atoms with Crippen LogP contribution in [0.4, 0.5) is 0 Å². The maximum absolute atomic E-state index is 13.1. The Balaban J connectivity index is 2.09. The molecular formula is C24H26N2O5. The van der Waals surface area contributed by atoms with E-state index in [4.69, 9.17) is 9.57 Å². The lowest BCUT2D eigenvalue weighted by molar-refractivity contribution is -0.142. The molecule has 0 aliphatic heterocycles. The number of rotatable bonds is 8. The number of carbonyl (C=O) groups is 1. The van der Waals surface area contributed by atoms with E-state index in [0.29, 0.717) is 29.0 Å². The predicted octanol–water partition coefficient (Wildman–Crippen LogP) is 2.87. The van der Waals surface area contributed by atoms with Gasteiger partial charge in [0.15, 0.2) is 0 Å². The van der Waals surface area contributed by atoms with Gasteiger partial charge in [-0.3, -0.25) is 9.36 Å². The second-order valence-electron chi connectivity index (χ2n) is 7.53. The lowest BCUT2D eigenvalue weighted by Gasteiger charge is -2.20. The van der Waals surface area contributed by atoms with Crippen molar-refractivity contribution in [3.05, 3.63) is 104 Å². The standard InChI is InChI=1S/C24H26N2O5/c1-17(2)22-21(14-19-10-6-4-7-11-19)25(16-30-15-20-12-8-5-9-13-20)24(29)26(23(22)28)31-18(3)27/h4-13,17H,14-16H2,1-3H3. The summed E-state index contributed by atoms with van der Waals surface area (Å²) in [4.78, 5) is 42.7. The monoisotopic (exact) mass is 422 g/mol. The van der Waals surface area contributed by atoms with E-state index >= 15 is 0 Å². The summed E-state index contributed by atoms with van der Waals surface area (Å²) in [5.41, 5.74) is 1.49. The summed E-state index contributed by atoms with van der Waals surface area (Å²) in [5, 5.41) is 0. The molecule has 0 amide bonds. The Kier molecular flexibility index (Phi) is 7.20. The van der Waals surface area contributed by atoms with Crippen LogP contribution >= 0.6 is 0 Å². The van der Waals surface area contributed by atoms with Gasteiger partial charge in [0.25, 0.3) is 5.56 Å². The zero-order valence-electron chi connectivity index (χ0n) is 17.9. The maximum atomic E-state index is 13.1. The summed E-state index contributed by atoms with van der Waals surface area (Å²) in [6, 6.07) is 19.1. The predicted molar refractivity (Wildman–Crippen MR) is 117 cm³/mol. The molecule has 0 spiro atoms. The summed E-state index contributed by atoms with van der Waals surface area (Å²) in [6.45, 7) is 5.08. The second-order valence-corrected chi connectivity index (χ2v) is 7.53. The molecule has 0 fully saturated rings. The number of nitrogens with zero attached hydrogens (tertiary/aromatic N) is 2. The first-order valence-corrected chi connectivity index (χ1v) is 10.1. The third kappa shape index (κ3) is 5.38. The summed E-state index contributed by atoms with van der Waals surface area (Å²) >= 11 is 0. The molecule has 0 bridgehead atoms. The maximum Gasteiger partial charge on any atom is 0.367 e. The smallest absolute Gasteiger partial charge is 0.356 e. The average Bonchev–Trinajstić information content (AvgIpc) is 2.74. The summed E-state index contributed by atoms with van der Waals surface area (Å²) in [6.07, 6.45) is 0.369. The van der Waals surface area contributed by atoms with E-state index in [-0.39, 0.29) is 12.6 Å². The van der Waals surface area contributed by atoms with Gasteiger partial charge in [0.1, 0.15) is 6.73 Å². The molecule has 7 heteroatoms. The molecule has 0 atom stereocenters. The number of hydrogen-bond acceptors (Lipinski definition) is 5. The molecule has 1 heterocycles. The van der Waals surface area contributed by atoms with E-state index in [1.165, 1.54) is 4.57 Å². The molecule has 162 valence electrons. The summed E-state index contributed by atoms with van der Waals surface area (Å²) < 4.78 is 7.70. The normalized spacial score (nSPS) is 11.0. The number of aromatic nitrogens is 2. The van der Waals surface area contributed by atoms with Gasteiger partial charge in [-0.15, -0.1) is 0 Å². The summed E-state index contributed by atoms with van der Waals surface area (Å²) in [5.74, 6) is -0.949. The number of hydrogen-bond donors (Lipinski definition) is 0. The van der Waals surface area contributed by atoms with Gasteiger partial charge in [-0.25, -0.2) is 9.59 Å². The zero-order chi connectivity index (χ0) is 22.4. The molecule has 0 aliphatic rings. The van der Waals surface area contributed by atoms with Crippen molar-refractivity contribution in [2.24, 2.45) is 0 Å². The quantitative estimate of drug-likeness (QED) is 0.558. The molecule has 3 aromatic rings. The van der Waals surface area contributed by atoms with E-state index in [2.05, 4.69) is 0 Å². The molecule has 7 nitrogen and oxygen atoms in total. The van der Waals surface area contributed by atoms with Crippen LogP contribution < -0.4 is 16.1 Å². The van der Waals surface area contributed by atoms with Crippen LogP contribution in [0.2, 0.25) is 0 Å². The Labute approximate surface area is 180 Å². The SMILES string of the molecule is CC(=O)On1c(=O)c(C(C)C)c(Cc2ccccc2)n(COCc2ccccc2)c1=O. The van der Waals surface area contributed by atoms with Crippen LogP contribution in [0.3, 0.4) is 0 Å². The minimum atomic E-state index is -0.749. The van der Waals surface area contributed by atoms with Crippen LogP contribution in [-0.4, -0.2) is 15.3 Å². The number of benzene rings is 2. The van der Waals surface area contributed by atoms with Crippen molar-refractivity contribution in [2.75, 3.05) is 0 Å². The van der Waals surface area contributed by atoms with Crippen molar-refractivity contribution in [1.29, 1.82) is 0 Å². The van der Waals surface area contributed by atoms with E-state index in [1.54, 1.807) is 0 Å². The number of carbonyl (C=O) groups excluding carboxylic acids is 1. The molecule has 0 saturated carbocycles. The van der Waals surface area contributed by atoms with Crippen molar-refractivity contribution in [3.8, 4) is 0 Å². The average molecular weight is 422 g/mol.